The van der Waals surface area contributed by atoms with Crippen molar-refractivity contribution in [2.45, 2.75) is 64.2 Å². The normalized spacial score (nSPS) is 15.3. The minimum atomic E-state index is -0.380. The number of phenols is 1. The van der Waals surface area contributed by atoms with Gasteiger partial charge in [-0.15, -0.1) is 11.8 Å². The summed E-state index contributed by atoms with van der Waals surface area (Å²) in [6.45, 7) is 19.0. The summed E-state index contributed by atoms with van der Waals surface area (Å²) in [5, 5.41) is 19.9. The number of phenolic OH excluding ortho intramolecular Hbond substituents is 1. The Kier molecular flexibility index (Phi) is 11.1. The molecule has 0 aliphatic carbocycles. The number of thioether (sulfide) groups is 2. The molecule has 1 amide bonds. The predicted octanol–water partition coefficient (Wildman–Crippen LogP) is 5.46. The molecule has 1 fully saturated rings. The zero-order valence-corrected chi connectivity index (χ0v) is 28.6. The Hall–Kier alpha value is -3.02. The molecule has 9 nitrogen and oxygen atoms in total. The summed E-state index contributed by atoms with van der Waals surface area (Å²) in [7, 11) is 0. The number of nitrogens with zero attached hydrogens (tertiary/aromatic N) is 4. The maximum atomic E-state index is 12.7. The minimum Gasteiger partial charge on any atom is -0.507 e. The molecule has 0 bridgehead atoms. The van der Waals surface area contributed by atoms with Crippen LogP contribution < -0.4 is 15.1 Å². The van der Waals surface area contributed by atoms with E-state index in [0.717, 1.165) is 61.4 Å². The molecule has 1 aliphatic rings. The van der Waals surface area contributed by atoms with Crippen molar-refractivity contribution in [3.63, 3.8) is 0 Å². The van der Waals surface area contributed by atoms with E-state index in [1.165, 1.54) is 4.90 Å². The molecule has 3 aromatic rings. The lowest BCUT2D eigenvalue weighted by Gasteiger charge is -2.30. The lowest BCUT2D eigenvalue weighted by molar-refractivity contribution is -0.759. The van der Waals surface area contributed by atoms with E-state index < -0.39 is 0 Å². The summed E-state index contributed by atoms with van der Waals surface area (Å²) in [6, 6.07) is 13.4. The van der Waals surface area contributed by atoms with Gasteiger partial charge in [-0.25, -0.2) is 0 Å². The van der Waals surface area contributed by atoms with Crippen LogP contribution >= 0.6 is 23.5 Å². The number of hydrogen-bond donors (Lipinski definition) is 2. The van der Waals surface area contributed by atoms with Gasteiger partial charge in [0.15, 0.2) is 0 Å². The molecule has 1 aromatic heterocycles. The van der Waals surface area contributed by atoms with Crippen LogP contribution in [0.5, 0.6) is 5.75 Å². The number of anilines is 1. The number of rotatable bonds is 10. The van der Waals surface area contributed by atoms with Crippen molar-refractivity contribution in [3.05, 3.63) is 65.4 Å². The van der Waals surface area contributed by atoms with Crippen molar-refractivity contribution < 1.29 is 24.0 Å². The molecule has 1 atom stereocenters. The second-order valence-electron chi connectivity index (χ2n) is 13.4. The number of carbonyl (C=O) groups is 2. The van der Waals surface area contributed by atoms with Crippen LogP contribution in [0.2, 0.25) is 0 Å². The molecular weight excluding hydrogens is 595 g/mol. The van der Waals surface area contributed by atoms with Gasteiger partial charge in [-0.3, -0.25) is 24.3 Å². The van der Waals surface area contributed by atoms with Gasteiger partial charge >= 0.3 is 5.88 Å². The molecule has 0 spiro atoms. The van der Waals surface area contributed by atoms with Gasteiger partial charge in [-0.2, -0.15) is 5.01 Å². The summed E-state index contributed by atoms with van der Waals surface area (Å²) in [4.78, 5) is 30.3. The lowest BCUT2D eigenvalue weighted by atomic mass is 9.79. The average Bonchev–Trinajstić information content (AvgIpc) is 3.44. The number of hydrogen-bond acceptors (Lipinski definition) is 9. The van der Waals surface area contributed by atoms with E-state index in [1.54, 1.807) is 30.0 Å². The van der Waals surface area contributed by atoms with Crippen molar-refractivity contribution in [2.24, 2.45) is 5.92 Å². The fourth-order valence-corrected chi connectivity index (χ4v) is 6.74. The van der Waals surface area contributed by atoms with Crippen molar-refractivity contribution in [3.8, 4) is 5.75 Å². The third-order valence-electron chi connectivity index (χ3n) is 7.64. The molecule has 44 heavy (non-hydrogen) atoms. The van der Waals surface area contributed by atoms with Gasteiger partial charge in [0.1, 0.15) is 5.75 Å². The van der Waals surface area contributed by atoms with Gasteiger partial charge in [0.25, 0.3) is 6.20 Å². The molecule has 2 N–H and O–H groups in total. The number of benzene rings is 2. The largest absolute Gasteiger partial charge is 0.507 e. The van der Waals surface area contributed by atoms with Gasteiger partial charge in [0, 0.05) is 58.6 Å². The number of nitrogens with one attached hydrogen (secondary N) is 1. The second-order valence-corrected chi connectivity index (χ2v) is 15.5. The van der Waals surface area contributed by atoms with Crippen LogP contribution in [0.4, 0.5) is 5.88 Å². The summed E-state index contributed by atoms with van der Waals surface area (Å²) in [6.07, 6.45) is 1.68. The van der Waals surface area contributed by atoms with Crippen LogP contribution in [0.15, 0.2) is 58.1 Å². The molecule has 1 saturated heterocycles. The quantitative estimate of drug-likeness (QED) is 0.221. The Morgan fingerprint density at radius 2 is 1.64 bits per heavy atom. The summed E-state index contributed by atoms with van der Waals surface area (Å²) >= 11 is 2.97. The first-order valence-corrected chi connectivity index (χ1v) is 17.1. The Morgan fingerprint density at radius 3 is 2.23 bits per heavy atom. The van der Waals surface area contributed by atoms with E-state index in [9.17, 15) is 14.7 Å². The highest BCUT2D eigenvalue weighted by molar-refractivity contribution is 8.14. The molecule has 4 rings (SSSR count). The summed E-state index contributed by atoms with van der Waals surface area (Å²) < 4.78 is 5.38. The Bertz CT molecular complexity index is 1390. The van der Waals surface area contributed by atoms with Crippen LogP contribution in [0, 0.1) is 5.92 Å². The Balaban J connectivity index is 1.22. The van der Waals surface area contributed by atoms with Gasteiger partial charge in [0.2, 0.25) is 16.3 Å². The highest BCUT2D eigenvalue weighted by Gasteiger charge is 2.29. The molecule has 2 heterocycles. The van der Waals surface area contributed by atoms with Crippen LogP contribution in [-0.4, -0.2) is 70.5 Å². The number of piperazine rings is 1. The Labute approximate surface area is 269 Å². The van der Waals surface area contributed by atoms with Crippen molar-refractivity contribution in [1.82, 2.24) is 10.2 Å². The molecule has 2 aromatic carbocycles. The van der Waals surface area contributed by atoms with Crippen LogP contribution in [0.3, 0.4) is 0 Å². The van der Waals surface area contributed by atoms with Crippen LogP contribution in [0.25, 0.3) is 0 Å². The van der Waals surface area contributed by atoms with E-state index in [2.05, 4.69) is 74.2 Å². The number of amides is 1. The number of carbonyl (C=O) groups excluding carboxylic acids is 2. The zero-order valence-electron chi connectivity index (χ0n) is 26.9. The van der Waals surface area contributed by atoms with Gasteiger partial charge in [-0.1, -0.05) is 90.6 Å². The first kappa shape index (κ1) is 33.9. The molecule has 0 unspecified atom stereocenters. The van der Waals surface area contributed by atoms with Gasteiger partial charge in [0.05, 0.1) is 17.9 Å². The Morgan fingerprint density at radius 1 is 1.02 bits per heavy atom. The van der Waals surface area contributed by atoms with Crippen LogP contribution in [0.1, 0.15) is 70.0 Å². The van der Waals surface area contributed by atoms with Crippen molar-refractivity contribution in [2.75, 3.05) is 54.6 Å². The lowest BCUT2D eigenvalue weighted by Crippen LogP contribution is -2.65. The molecule has 1 aliphatic heterocycles. The topological polar surface area (TPSA) is 103 Å². The molecular formula is C33H46N5O4S2+. The first-order chi connectivity index (χ1) is 20.7. The second kappa shape index (κ2) is 14.4. The fraction of sp³-hybridized carbons (Fsp3) is 0.515. The predicted molar refractivity (Wildman–Crippen MR) is 178 cm³/mol. The SMILES string of the molecule is C[C@H](CSC(=O)c1ccccc1)C(=O)Nc1c[n+](N2CCN(CCSc3cc(C(C)(C)C)c(O)c(C(C)(C)C)c3)CC2)no1. The van der Waals surface area contributed by atoms with Crippen molar-refractivity contribution >= 4 is 40.4 Å². The zero-order chi connectivity index (χ0) is 32.1. The number of aromatic hydroxyl groups is 1. The van der Waals surface area contributed by atoms with E-state index in [0.29, 0.717) is 17.1 Å². The summed E-state index contributed by atoms with van der Waals surface area (Å²) in [5.74, 6) is 1.42. The van der Waals surface area contributed by atoms with E-state index >= 15 is 0 Å². The average molecular weight is 641 g/mol. The highest BCUT2D eigenvalue weighted by atomic mass is 32.2. The smallest absolute Gasteiger partial charge is 0.305 e. The van der Waals surface area contributed by atoms with Crippen molar-refractivity contribution in [1.29, 1.82) is 0 Å². The summed E-state index contributed by atoms with van der Waals surface area (Å²) in [5.41, 5.74) is 2.33. The molecule has 0 saturated carbocycles. The minimum absolute atomic E-state index is 0.0507. The monoisotopic (exact) mass is 640 g/mol. The highest BCUT2D eigenvalue weighted by Crippen LogP contribution is 2.41. The molecule has 0 radical (unpaired) electrons. The number of aromatic nitrogens is 2. The van der Waals surface area contributed by atoms with E-state index in [-0.39, 0.29) is 33.7 Å². The van der Waals surface area contributed by atoms with Gasteiger partial charge in [-0.05, 0) is 23.0 Å². The third kappa shape index (κ3) is 9.01. The fourth-order valence-electron chi connectivity index (χ4n) is 4.90. The van der Waals surface area contributed by atoms with E-state index in [1.807, 2.05) is 30.0 Å². The standard InChI is InChI=1S/C33H45N5O4S2/c1-23(22-44-31(41)24-11-9-8-10-12-24)30(40)34-28-21-38(35-42-28)37-15-13-36(14-16-37)17-18-43-25-19-26(32(2,3)4)29(39)27(20-25)33(5,6)7/h8-12,19-21,23H,13-18,22H2,1-7H3,(H-,34,35,39,40)/p+1/t23-/m1/s1. The molecule has 238 valence electrons. The maximum Gasteiger partial charge on any atom is 0.305 e. The third-order valence-corrected chi connectivity index (χ3v) is 9.76. The van der Waals surface area contributed by atoms with Gasteiger partial charge < -0.3 is 5.11 Å². The first-order valence-electron chi connectivity index (χ1n) is 15.1. The van der Waals surface area contributed by atoms with Crippen LogP contribution in [-0.2, 0) is 15.6 Å². The van der Waals surface area contributed by atoms with E-state index in [4.69, 9.17) is 4.52 Å². The molecule has 11 heteroatoms. The maximum absolute atomic E-state index is 12.7.